The molecule has 1 unspecified atom stereocenters. The van der Waals surface area contributed by atoms with Crippen molar-refractivity contribution in [2.75, 3.05) is 5.32 Å². The van der Waals surface area contributed by atoms with Gasteiger partial charge in [0.05, 0.1) is 5.69 Å². The fraction of sp³-hybridized carbons (Fsp3) is 0.111. The topological polar surface area (TPSA) is 137 Å². The standard InChI is InChI=1S/C18H16FN7O2S/c1-11-7-13(19)9-15(12-3-5-22-14(8-12)10-20)17(11)23-18(27)25-29(21,28)16-4-6-26(2)24-16/h3-9H,1-2H3,(H3,21,23,25,27,28). The molecule has 1 aromatic carbocycles. The molecule has 29 heavy (non-hydrogen) atoms. The Hall–Kier alpha value is -3.78. The summed E-state index contributed by atoms with van der Waals surface area (Å²) in [7, 11) is -2.09. The fourth-order valence-electron chi connectivity index (χ4n) is 2.66. The number of halogens is 1. The molecule has 148 valence electrons. The molecule has 0 bridgehead atoms. The van der Waals surface area contributed by atoms with E-state index in [2.05, 4.69) is 20.1 Å². The molecule has 0 saturated heterocycles. The number of carbonyl (C=O) groups excluding carboxylic acids is 1. The van der Waals surface area contributed by atoms with E-state index < -0.39 is 21.8 Å². The molecule has 0 aliphatic carbocycles. The van der Waals surface area contributed by atoms with Gasteiger partial charge in [0.15, 0.2) is 14.9 Å². The van der Waals surface area contributed by atoms with Gasteiger partial charge in [0.25, 0.3) is 0 Å². The summed E-state index contributed by atoms with van der Waals surface area (Å²) >= 11 is 0. The number of benzene rings is 1. The smallest absolute Gasteiger partial charge is 0.306 e. The summed E-state index contributed by atoms with van der Waals surface area (Å²) < 4.78 is 37.9. The molecule has 1 atom stereocenters. The maximum Gasteiger partial charge on any atom is 0.332 e. The number of hydrogen-bond donors (Lipinski definition) is 3. The van der Waals surface area contributed by atoms with E-state index in [4.69, 9.17) is 10.0 Å². The number of anilines is 1. The summed E-state index contributed by atoms with van der Waals surface area (Å²) in [5, 5.41) is 15.3. The number of aromatic nitrogens is 3. The Labute approximate surface area is 166 Å². The highest BCUT2D eigenvalue weighted by Crippen LogP contribution is 2.32. The van der Waals surface area contributed by atoms with Crippen molar-refractivity contribution in [3.8, 4) is 17.2 Å². The predicted molar refractivity (Wildman–Crippen MR) is 104 cm³/mol. The van der Waals surface area contributed by atoms with E-state index in [1.165, 1.54) is 41.3 Å². The predicted octanol–water partition coefficient (Wildman–Crippen LogP) is 2.94. The molecule has 0 saturated carbocycles. The van der Waals surface area contributed by atoms with Gasteiger partial charge in [-0.05, 0) is 48.4 Å². The average Bonchev–Trinajstić information content (AvgIpc) is 3.11. The van der Waals surface area contributed by atoms with Gasteiger partial charge in [-0.2, -0.15) is 10.4 Å². The third-order valence-electron chi connectivity index (χ3n) is 3.94. The van der Waals surface area contributed by atoms with Crippen molar-refractivity contribution in [2.45, 2.75) is 11.9 Å². The van der Waals surface area contributed by atoms with Crippen LogP contribution >= 0.6 is 0 Å². The van der Waals surface area contributed by atoms with E-state index in [9.17, 15) is 13.4 Å². The van der Waals surface area contributed by atoms with Crippen molar-refractivity contribution >= 4 is 21.6 Å². The number of pyridine rings is 1. The van der Waals surface area contributed by atoms with Crippen LogP contribution in [0.4, 0.5) is 14.9 Å². The van der Waals surface area contributed by atoms with Crippen LogP contribution in [0.2, 0.25) is 0 Å². The molecule has 0 fully saturated rings. The van der Waals surface area contributed by atoms with Gasteiger partial charge in [-0.1, -0.05) is 0 Å². The second-order valence-electron chi connectivity index (χ2n) is 6.13. The Morgan fingerprint density at radius 1 is 1.34 bits per heavy atom. The van der Waals surface area contributed by atoms with E-state index in [1.54, 1.807) is 20.0 Å². The fourth-order valence-corrected chi connectivity index (χ4v) is 3.58. The van der Waals surface area contributed by atoms with E-state index in [-0.39, 0.29) is 16.4 Å². The highest BCUT2D eigenvalue weighted by atomic mass is 32.2. The number of hydrogen-bond acceptors (Lipinski definition) is 6. The normalized spacial score (nSPS) is 12.6. The van der Waals surface area contributed by atoms with E-state index in [0.717, 1.165) is 0 Å². The monoisotopic (exact) mass is 413 g/mol. The zero-order valence-corrected chi connectivity index (χ0v) is 16.2. The van der Waals surface area contributed by atoms with Crippen LogP contribution in [-0.4, -0.2) is 25.0 Å². The minimum atomic E-state index is -3.69. The molecule has 0 spiro atoms. The minimum absolute atomic E-state index is 0.0982. The van der Waals surface area contributed by atoms with Crippen LogP contribution in [-0.2, 0) is 17.0 Å². The van der Waals surface area contributed by atoms with Crippen LogP contribution in [0.25, 0.3) is 11.1 Å². The Bertz CT molecular complexity index is 1250. The molecule has 3 rings (SSSR count). The highest BCUT2D eigenvalue weighted by molar-refractivity contribution is 7.91. The molecule has 0 aliphatic rings. The maximum atomic E-state index is 14.0. The lowest BCUT2D eigenvalue weighted by Gasteiger charge is -2.16. The van der Waals surface area contributed by atoms with Crippen molar-refractivity contribution < 1.29 is 13.4 Å². The molecular weight excluding hydrogens is 397 g/mol. The van der Waals surface area contributed by atoms with Crippen molar-refractivity contribution in [3.05, 3.63) is 59.8 Å². The molecule has 3 N–H and O–H groups in total. The third kappa shape index (κ3) is 4.39. The van der Waals surface area contributed by atoms with E-state index >= 15 is 0 Å². The maximum absolute atomic E-state index is 14.0. The number of nitrogens with one attached hydrogen (secondary N) is 3. The lowest BCUT2D eigenvalue weighted by molar-refractivity contribution is 0.256. The molecule has 0 radical (unpaired) electrons. The Balaban J connectivity index is 1.94. The molecule has 9 nitrogen and oxygen atoms in total. The van der Waals surface area contributed by atoms with Gasteiger partial charge in [-0.3, -0.25) is 4.68 Å². The molecule has 3 aromatic rings. The Kier molecular flexibility index (Phi) is 5.29. The molecule has 2 amide bonds. The molecule has 0 aliphatic heterocycles. The van der Waals surface area contributed by atoms with Crippen molar-refractivity contribution in [1.29, 1.82) is 10.0 Å². The van der Waals surface area contributed by atoms with Crippen molar-refractivity contribution in [2.24, 2.45) is 7.05 Å². The molecule has 2 heterocycles. The van der Waals surface area contributed by atoms with Gasteiger partial charge >= 0.3 is 6.03 Å². The van der Waals surface area contributed by atoms with Crippen LogP contribution in [0.15, 0.2) is 47.8 Å². The summed E-state index contributed by atoms with van der Waals surface area (Å²) in [6.45, 7) is 1.59. The second kappa shape index (κ2) is 7.69. The summed E-state index contributed by atoms with van der Waals surface area (Å²) in [6.07, 6.45) is 2.90. The number of rotatable bonds is 4. The largest absolute Gasteiger partial charge is 0.332 e. The molecule has 11 heteroatoms. The first-order valence-corrected chi connectivity index (χ1v) is 9.79. The van der Waals surface area contributed by atoms with Gasteiger partial charge in [-0.15, -0.1) is 0 Å². The van der Waals surface area contributed by atoms with Crippen LogP contribution in [0, 0.1) is 28.9 Å². The summed E-state index contributed by atoms with van der Waals surface area (Å²) in [5.74, 6) is -0.531. The number of nitriles is 1. The quantitative estimate of drug-likeness (QED) is 0.604. The van der Waals surface area contributed by atoms with Crippen molar-refractivity contribution in [1.82, 2.24) is 19.5 Å². The number of urea groups is 1. The summed E-state index contributed by atoms with van der Waals surface area (Å²) in [5.41, 5.74) is 1.55. The Morgan fingerprint density at radius 3 is 2.76 bits per heavy atom. The van der Waals surface area contributed by atoms with Crippen LogP contribution in [0.3, 0.4) is 0 Å². The minimum Gasteiger partial charge on any atom is -0.306 e. The number of carbonyl (C=O) groups is 1. The lowest BCUT2D eigenvalue weighted by atomic mass is 10.0. The SMILES string of the molecule is Cc1cc(F)cc(-c2ccnc(C#N)c2)c1NC(=O)NS(=N)(=O)c1ccn(C)n1. The summed E-state index contributed by atoms with van der Waals surface area (Å²) in [4.78, 5) is 16.3. The van der Waals surface area contributed by atoms with E-state index in [0.29, 0.717) is 16.7 Å². The first-order chi connectivity index (χ1) is 13.7. The summed E-state index contributed by atoms with van der Waals surface area (Å²) in [6, 6.07) is 7.81. The van der Waals surface area contributed by atoms with Crippen LogP contribution in [0.1, 0.15) is 11.3 Å². The van der Waals surface area contributed by atoms with E-state index in [1.807, 2.05) is 6.07 Å². The molecule has 2 aromatic heterocycles. The zero-order valence-electron chi connectivity index (χ0n) is 15.4. The van der Waals surface area contributed by atoms with Crippen molar-refractivity contribution in [3.63, 3.8) is 0 Å². The zero-order chi connectivity index (χ0) is 21.2. The second-order valence-corrected chi connectivity index (χ2v) is 7.86. The number of aryl methyl sites for hydroxylation is 2. The van der Waals surface area contributed by atoms with Gasteiger partial charge < -0.3 is 5.32 Å². The highest BCUT2D eigenvalue weighted by Gasteiger charge is 2.19. The van der Waals surface area contributed by atoms with Gasteiger partial charge in [0.2, 0.25) is 0 Å². The Morgan fingerprint density at radius 2 is 2.10 bits per heavy atom. The first-order valence-electron chi connectivity index (χ1n) is 8.23. The number of nitrogens with zero attached hydrogens (tertiary/aromatic N) is 4. The first kappa shape index (κ1) is 20.0. The number of amides is 2. The van der Waals surface area contributed by atoms with Crippen LogP contribution < -0.4 is 10.0 Å². The van der Waals surface area contributed by atoms with Gasteiger partial charge in [0.1, 0.15) is 17.6 Å². The molecular formula is C18H16FN7O2S. The lowest BCUT2D eigenvalue weighted by Crippen LogP contribution is -2.34. The van der Waals surface area contributed by atoms with Gasteiger partial charge in [-0.25, -0.2) is 27.9 Å². The van der Waals surface area contributed by atoms with Crippen LogP contribution in [0.5, 0.6) is 0 Å². The van der Waals surface area contributed by atoms with Gasteiger partial charge in [0, 0.05) is 25.0 Å². The average molecular weight is 413 g/mol. The third-order valence-corrected chi connectivity index (χ3v) is 5.22.